The van der Waals surface area contributed by atoms with Gasteiger partial charge < -0.3 is 10.1 Å². The number of methoxy groups -OCH3 is 1. The van der Waals surface area contributed by atoms with Crippen LogP contribution < -0.4 is 10.1 Å². The molecular weight excluding hydrogens is 478 g/mol. The molecule has 1 fully saturated rings. The predicted octanol–water partition coefficient (Wildman–Crippen LogP) is 3.34. The first-order valence-electron chi connectivity index (χ1n) is 10.9. The topological polar surface area (TPSA) is 96.8 Å². The summed E-state index contributed by atoms with van der Waals surface area (Å²) in [4.78, 5) is 38.4. The van der Waals surface area contributed by atoms with Gasteiger partial charge in [0.15, 0.2) is 0 Å². The Kier molecular flexibility index (Phi) is 8.14. The quantitative estimate of drug-likeness (QED) is 0.617. The van der Waals surface area contributed by atoms with E-state index in [2.05, 4.69) is 10.4 Å². The molecule has 3 rings (SSSR count). The number of rotatable bonds is 7. The van der Waals surface area contributed by atoms with Crippen molar-refractivity contribution in [2.24, 2.45) is 7.05 Å². The number of nitrogens with one attached hydrogen (secondary N) is 1. The fourth-order valence-corrected chi connectivity index (χ4v) is 4.37. The average molecular weight is 508 g/mol. The van der Waals surface area contributed by atoms with Crippen LogP contribution in [0.2, 0.25) is 5.02 Å². The zero-order chi connectivity index (χ0) is 25.0. The van der Waals surface area contributed by atoms with Crippen LogP contribution in [-0.4, -0.2) is 69.2 Å². The van der Waals surface area contributed by atoms with Gasteiger partial charge in [-0.15, -0.1) is 11.8 Å². The second kappa shape index (κ2) is 10.7. The third-order valence-corrected chi connectivity index (χ3v) is 6.47. The highest BCUT2D eigenvalue weighted by Gasteiger charge is 2.33. The van der Waals surface area contributed by atoms with E-state index in [0.717, 1.165) is 5.69 Å². The maximum absolute atomic E-state index is 13.2. The summed E-state index contributed by atoms with van der Waals surface area (Å²) in [7, 11) is 3.24. The number of hydrogen-bond donors (Lipinski definition) is 1. The van der Waals surface area contributed by atoms with Crippen LogP contribution in [0.1, 0.15) is 43.4 Å². The molecule has 1 aliphatic heterocycles. The number of carbonyl (C=O) groups is 3. The molecule has 184 valence electrons. The van der Waals surface area contributed by atoms with Crippen LogP contribution >= 0.6 is 23.4 Å². The molecule has 9 nitrogen and oxygen atoms in total. The zero-order valence-corrected chi connectivity index (χ0v) is 21.6. The van der Waals surface area contributed by atoms with Crippen molar-refractivity contribution in [1.29, 1.82) is 0 Å². The Labute approximate surface area is 208 Å². The average Bonchev–Trinajstić information content (AvgIpc) is 3.40. The van der Waals surface area contributed by atoms with E-state index in [0.29, 0.717) is 41.7 Å². The fraction of sp³-hybridized carbons (Fsp3) is 0.478. The van der Waals surface area contributed by atoms with Crippen molar-refractivity contribution < 1.29 is 19.1 Å². The fourth-order valence-electron chi connectivity index (χ4n) is 3.52. The Bertz CT molecular complexity index is 1080. The van der Waals surface area contributed by atoms with Crippen molar-refractivity contribution in [3.8, 4) is 5.75 Å². The number of carbonyl (C=O) groups excluding carboxylic acids is 3. The first kappa shape index (κ1) is 25.9. The minimum atomic E-state index is -0.280. The second-order valence-electron chi connectivity index (χ2n) is 8.97. The van der Waals surface area contributed by atoms with E-state index in [-0.39, 0.29) is 34.6 Å². The minimum absolute atomic E-state index is 0.0693. The summed E-state index contributed by atoms with van der Waals surface area (Å²) in [5.74, 6) is -0.121. The van der Waals surface area contributed by atoms with Gasteiger partial charge in [-0.2, -0.15) is 5.10 Å². The lowest BCUT2D eigenvalue weighted by Gasteiger charge is -2.27. The maximum atomic E-state index is 13.2. The number of hydrogen-bond acceptors (Lipinski definition) is 6. The van der Waals surface area contributed by atoms with Crippen LogP contribution in [-0.2, 0) is 22.1 Å². The highest BCUT2D eigenvalue weighted by atomic mass is 35.5. The molecule has 0 radical (unpaired) electrons. The lowest BCUT2D eigenvalue weighted by Crippen LogP contribution is -2.46. The lowest BCUT2D eigenvalue weighted by molar-refractivity contribution is -0.137. The molecule has 1 aromatic carbocycles. The van der Waals surface area contributed by atoms with Gasteiger partial charge in [0.25, 0.3) is 11.8 Å². The number of anilines is 1. The normalized spacial score (nSPS) is 13.8. The van der Waals surface area contributed by atoms with E-state index in [1.54, 1.807) is 36.0 Å². The number of nitrogens with zero attached hydrogens (tertiary/aromatic N) is 4. The van der Waals surface area contributed by atoms with E-state index in [9.17, 15) is 14.4 Å². The van der Waals surface area contributed by atoms with Crippen LogP contribution in [0.3, 0.4) is 0 Å². The number of halogens is 1. The predicted molar refractivity (Wildman–Crippen MR) is 133 cm³/mol. The van der Waals surface area contributed by atoms with E-state index >= 15 is 0 Å². The molecule has 1 aliphatic rings. The number of amides is 3. The van der Waals surface area contributed by atoms with Gasteiger partial charge in [-0.1, -0.05) is 32.4 Å². The number of ether oxygens (including phenoxy) is 1. The molecule has 2 heterocycles. The molecule has 34 heavy (non-hydrogen) atoms. The van der Waals surface area contributed by atoms with Crippen molar-refractivity contribution >= 4 is 46.8 Å². The van der Waals surface area contributed by atoms with Crippen molar-refractivity contribution in [3.63, 3.8) is 0 Å². The Morgan fingerprint density at radius 2 is 1.85 bits per heavy atom. The molecule has 0 aliphatic carbocycles. The van der Waals surface area contributed by atoms with Crippen molar-refractivity contribution in [1.82, 2.24) is 19.8 Å². The third kappa shape index (κ3) is 6.04. The maximum Gasteiger partial charge on any atom is 0.290 e. The number of aromatic nitrogens is 2. The van der Waals surface area contributed by atoms with Gasteiger partial charge >= 0.3 is 0 Å². The molecule has 0 atom stereocenters. The number of benzene rings is 1. The smallest absolute Gasteiger partial charge is 0.290 e. The van der Waals surface area contributed by atoms with E-state index < -0.39 is 0 Å². The van der Waals surface area contributed by atoms with Crippen LogP contribution in [0.5, 0.6) is 5.75 Å². The molecule has 1 aromatic heterocycles. The molecule has 3 amide bonds. The largest absolute Gasteiger partial charge is 0.495 e. The zero-order valence-electron chi connectivity index (χ0n) is 20.1. The summed E-state index contributed by atoms with van der Waals surface area (Å²) in [6, 6.07) is 6.72. The molecule has 2 aromatic rings. The van der Waals surface area contributed by atoms with Crippen LogP contribution in [0, 0.1) is 0 Å². The molecule has 0 saturated carbocycles. The van der Waals surface area contributed by atoms with Crippen LogP contribution in [0.4, 0.5) is 5.69 Å². The number of thioether (sulfide) groups is 1. The van der Waals surface area contributed by atoms with E-state index in [1.165, 1.54) is 28.9 Å². The van der Waals surface area contributed by atoms with Gasteiger partial charge in [-0.05, 0) is 30.7 Å². The van der Waals surface area contributed by atoms with Gasteiger partial charge in [-0.25, -0.2) is 5.01 Å². The van der Waals surface area contributed by atoms with E-state index in [4.69, 9.17) is 16.3 Å². The number of aryl methyl sites for hydroxylation is 1. The standard InChI is InChI=1S/C23H30ClN5O4S/c1-23(2,3)19-12-17(27(4)26-19)22(32)29-10-6-9-28(29)21(31)14-34-13-20(30)25-16-11-15(24)7-8-18(16)33-5/h7-8,11-12H,6,9-10,13-14H2,1-5H3,(H,25,30). The Morgan fingerprint density at radius 1 is 1.15 bits per heavy atom. The molecule has 1 N–H and O–H groups in total. The summed E-state index contributed by atoms with van der Waals surface area (Å²) >= 11 is 7.17. The van der Waals surface area contributed by atoms with Crippen LogP contribution in [0.25, 0.3) is 0 Å². The van der Waals surface area contributed by atoms with Crippen molar-refractivity contribution in [2.75, 3.05) is 37.0 Å². The minimum Gasteiger partial charge on any atom is -0.495 e. The molecule has 0 spiro atoms. The second-order valence-corrected chi connectivity index (χ2v) is 10.4. The Balaban J connectivity index is 1.57. The monoisotopic (exact) mass is 507 g/mol. The molecule has 1 saturated heterocycles. The Morgan fingerprint density at radius 3 is 2.50 bits per heavy atom. The molecule has 0 bridgehead atoms. The van der Waals surface area contributed by atoms with Gasteiger partial charge in [0, 0.05) is 30.6 Å². The highest BCUT2D eigenvalue weighted by molar-refractivity contribution is 8.00. The molecule has 11 heteroatoms. The summed E-state index contributed by atoms with van der Waals surface area (Å²) < 4.78 is 6.79. The number of hydrazine groups is 1. The van der Waals surface area contributed by atoms with Crippen LogP contribution in [0.15, 0.2) is 24.3 Å². The summed E-state index contributed by atoms with van der Waals surface area (Å²) in [5.41, 5.74) is 1.53. The van der Waals surface area contributed by atoms with Gasteiger partial charge in [0.05, 0.1) is 30.0 Å². The van der Waals surface area contributed by atoms with E-state index in [1.807, 2.05) is 20.8 Å². The van der Waals surface area contributed by atoms with Crippen molar-refractivity contribution in [3.05, 3.63) is 40.7 Å². The van der Waals surface area contributed by atoms with Crippen molar-refractivity contribution in [2.45, 2.75) is 32.6 Å². The summed E-state index contributed by atoms with van der Waals surface area (Å²) in [5, 5.41) is 10.6. The molecule has 0 unspecified atom stereocenters. The first-order chi connectivity index (χ1) is 16.0. The van der Waals surface area contributed by atoms with Gasteiger partial charge in [-0.3, -0.25) is 24.1 Å². The van der Waals surface area contributed by atoms with Gasteiger partial charge in [0.2, 0.25) is 5.91 Å². The lowest BCUT2D eigenvalue weighted by atomic mass is 9.92. The molecular formula is C23H30ClN5O4S. The Hall–Kier alpha value is -2.72. The highest BCUT2D eigenvalue weighted by Crippen LogP contribution is 2.28. The first-order valence-corrected chi connectivity index (χ1v) is 12.4. The summed E-state index contributed by atoms with van der Waals surface area (Å²) in [6.07, 6.45) is 0.696. The third-order valence-electron chi connectivity index (χ3n) is 5.32. The van der Waals surface area contributed by atoms with Gasteiger partial charge in [0.1, 0.15) is 11.4 Å². The summed E-state index contributed by atoms with van der Waals surface area (Å²) in [6.45, 7) is 7.02. The SMILES string of the molecule is COc1ccc(Cl)cc1NC(=O)CSCC(=O)N1CCCN1C(=O)c1cc(C(C)(C)C)nn1C.